The Bertz CT molecular complexity index is 696. The van der Waals surface area contributed by atoms with E-state index in [0.717, 1.165) is 31.4 Å². The van der Waals surface area contributed by atoms with Gasteiger partial charge in [0.25, 0.3) is 0 Å². The van der Waals surface area contributed by atoms with Crippen LogP contribution in [0.1, 0.15) is 25.3 Å². The van der Waals surface area contributed by atoms with Gasteiger partial charge in [-0.3, -0.25) is 4.99 Å². The summed E-state index contributed by atoms with van der Waals surface area (Å²) in [6.45, 7) is 7.83. The Kier molecular flexibility index (Phi) is 8.71. The van der Waals surface area contributed by atoms with Crippen LogP contribution in [-0.2, 0) is 6.42 Å². The maximum Gasteiger partial charge on any atom is 0.190 e. The number of nitrogens with one attached hydrogen (secondary N) is 3. The Morgan fingerprint density at radius 2 is 2.15 bits per heavy atom. The smallest absolute Gasteiger partial charge is 0.190 e. The first-order valence-corrected chi connectivity index (χ1v) is 9.52. The molecule has 0 aliphatic carbocycles. The minimum Gasteiger partial charge on any atom is -0.361 e. The number of benzene rings is 1. The Morgan fingerprint density at radius 3 is 2.96 bits per heavy atom. The maximum atomic E-state index is 4.36. The lowest BCUT2D eigenvalue weighted by molar-refractivity contribution is 0.324. The molecule has 1 fully saturated rings. The molecule has 26 heavy (non-hydrogen) atoms. The van der Waals surface area contributed by atoms with Gasteiger partial charge in [-0.25, -0.2) is 0 Å². The van der Waals surface area contributed by atoms with Crippen LogP contribution in [0.4, 0.5) is 0 Å². The molecule has 3 N–H and O–H groups in total. The van der Waals surface area contributed by atoms with Crippen molar-refractivity contribution in [3.8, 4) is 0 Å². The van der Waals surface area contributed by atoms with Crippen LogP contribution in [0, 0.1) is 5.92 Å². The Balaban J connectivity index is 0.00000243. The largest absolute Gasteiger partial charge is 0.361 e. The van der Waals surface area contributed by atoms with E-state index in [-0.39, 0.29) is 24.0 Å². The lowest BCUT2D eigenvalue weighted by Gasteiger charge is -2.17. The van der Waals surface area contributed by atoms with Crippen LogP contribution in [0.15, 0.2) is 35.5 Å². The van der Waals surface area contributed by atoms with E-state index < -0.39 is 0 Å². The number of fused-ring (bicyclic) bond motifs is 1. The summed E-state index contributed by atoms with van der Waals surface area (Å²) in [7, 11) is 1.85. The first-order chi connectivity index (χ1) is 12.3. The molecule has 1 atom stereocenters. The highest BCUT2D eigenvalue weighted by molar-refractivity contribution is 14.0. The average molecular weight is 469 g/mol. The van der Waals surface area contributed by atoms with Crippen LogP contribution in [-0.4, -0.2) is 55.6 Å². The Morgan fingerprint density at radius 1 is 1.31 bits per heavy atom. The normalized spacial score (nSPS) is 18.1. The van der Waals surface area contributed by atoms with E-state index in [1.807, 2.05) is 7.05 Å². The summed E-state index contributed by atoms with van der Waals surface area (Å²) in [5.41, 5.74) is 2.56. The van der Waals surface area contributed by atoms with Gasteiger partial charge >= 0.3 is 0 Å². The van der Waals surface area contributed by atoms with Gasteiger partial charge in [-0.1, -0.05) is 25.1 Å². The second kappa shape index (κ2) is 10.8. The third-order valence-corrected chi connectivity index (χ3v) is 5.05. The highest BCUT2D eigenvalue weighted by atomic mass is 127. The molecule has 0 amide bonds. The fraction of sp³-hybridized carbons (Fsp3) is 0.550. The first-order valence-electron chi connectivity index (χ1n) is 9.52. The molecule has 0 radical (unpaired) electrons. The standard InChI is InChI=1S/C20H31N5.HI/c1-3-11-25-12-9-16(15-25)13-24-20(21-2)22-10-8-17-14-23-19-7-5-4-6-18(17)19;/h4-7,14,16,23H,3,8-13,15H2,1-2H3,(H2,21,22,24);1H. The van der Waals surface area contributed by atoms with Crippen LogP contribution in [0.25, 0.3) is 10.9 Å². The van der Waals surface area contributed by atoms with Crippen molar-refractivity contribution in [3.05, 3.63) is 36.0 Å². The maximum absolute atomic E-state index is 4.36. The highest BCUT2D eigenvalue weighted by Gasteiger charge is 2.21. The number of aromatic amines is 1. The quantitative estimate of drug-likeness (QED) is 0.332. The first kappa shape index (κ1) is 21.0. The number of likely N-dealkylation sites (tertiary alicyclic amines) is 1. The van der Waals surface area contributed by atoms with Gasteiger partial charge in [-0.05, 0) is 49.9 Å². The van der Waals surface area contributed by atoms with Gasteiger partial charge in [0.2, 0.25) is 0 Å². The molecule has 1 unspecified atom stereocenters. The van der Waals surface area contributed by atoms with Crippen LogP contribution in [0.2, 0.25) is 0 Å². The number of aliphatic imine (C=N–C) groups is 1. The third-order valence-electron chi connectivity index (χ3n) is 5.05. The summed E-state index contributed by atoms with van der Waals surface area (Å²) < 4.78 is 0. The molecule has 2 aromatic rings. The fourth-order valence-corrected chi connectivity index (χ4v) is 3.71. The van der Waals surface area contributed by atoms with E-state index in [1.165, 1.54) is 48.9 Å². The second-order valence-corrected chi connectivity index (χ2v) is 6.94. The molecule has 0 bridgehead atoms. The molecule has 1 aromatic heterocycles. The molecular weight excluding hydrogens is 437 g/mol. The third kappa shape index (κ3) is 5.61. The zero-order valence-electron chi connectivity index (χ0n) is 15.9. The van der Waals surface area contributed by atoms with Crippen molar-refractivity contribution in [2.24, 2.45) is 10.9 Å². The molecule has 2 heterocycles. The van der Waals surface area contributed by atoms with Gasteiger partial charge in [-0.2, -0.15) is 0 Å². The predicted octanol–water partition coefficient (Wildman–Crippen LogP) is 3.23. The number of hydrogen-bond acceptors (Lipinski definition) is 2. The summed E-state index contributed by atoms with van der Waals surface area (Å²) in [5.74, 6) is 1.65. The van der Waals surface area contributed by atoms with Crippen molar-refractivity contribution in [2.75, 3.05) is 39.8 Å². The van der Waals surface area contributed by atoms with Gasteiger partial charge in [-0.15, -0.1) is 24.0 Å². The molecule has 5 nitrogen and oxygen atoms in total. The molecule has 144 valence electrons. The number of H-pyrrole nitrogens is 1. The van der Waals surface area contributed by atoms with Gasteiger partial charge in [0.15, 0.2) is 5.96 Å². The summed E-state index contributed by atoms with van der Waals surface area (Å²) in [4.78, 5) is 10.3. The highest BCUT2D eigenvalue weighted by Crippen LogP contribution is 2.17. The number of hydrogen-bond donors (Lipinski definition) is 3. The zero-order valence-corrected chi connectivity index (χ0v) is 18.3. The van der Waals surface area contributed by atoms with Gasteiger partial charge < -0.3 is 20.5 Å². The van der Waals surface area contributed by atoms with E-state index in [1.54, 1.807) is 0 Å². The lowest BCUT2D eigenvalue weighted by atomic mass is 10.1. The molecular formula is C20H32IN5. The number of guanidine groups is 1. The lowest BCUT2D eigenvalue weighted by Crippen LogP contribution is -2.41. The van der Waals surface area contributed by atoms with Gasteiger partial charge in [0, 0.05) is 43.8 Å². The molecule has 1 aliphatic rings. The molecule has 6 heteroatoms. The van der Waals surface area contributed by atoms with E-state index in [2.05, 4.69) is 62.9 Å². The van der Waals surface area contributed by atoms with Crippen LogP contribution >= 0.6 is 24.0 Å². The zero-order chi connectivity index (χ0) is 17.5. The van der Waals surface area contributed by atoms with Crippen LogP contribution < -0.4 is 10.6 Å². The number of halogens is 1. The molecule has 0 saturated carbocycles. The summed E-state index contributed by atoms with van der Waals surface area (Å²) in [5, 5.41) is 8.25. The van der Waals surface area contributed by atoms with Gasteiger partial charge in [0.05, 0.1) is 0 Å². The summed E-state index contributed by atoms with van der Waals surface area (Å²) >= 11 is 0. The van der Waals surface area contributed by atoms with Crippen molar-refractivity contribution in [1.29, 1.82) is 0 Å². The topological polar surface area (TPSA) is 55.4 Å². The van der Waals surface area contributed by atoms with Crippen molar-refractivity contribution in [1.82, 2.24) is 20.5 Å². The van der Waals surface area contributed by atoms with E-state index >= 15 is 0 Å². The van der Waals surface area contributed by atoms with Crippen molar-refractivity contribution in [3.63, 3.8) is 0 Å². The van der Waals surface area contributed by atoms with E-state index in [4.69, 9.17) is 0 Å². The average Bonchev–Trinajstić information content (AvgIpc) is 3.25. The number of aromatic nitrogens is 1. The van der Waals surface area contributed by atoms with E-state index in [9.17, 15) is 0 Å². The number of para-hydroxylation sites is 1. The monoisotopic (exact) mass is 469 g/mol. The molecule has 3 rings (SSSR count). The molecule has 1 saturated heterocycles. The summed E-state index contributed by atoms with van der Waals surface area (Å²) in [6, 6.07) is 8.46. The Hall–Kier alpha value is -1.28. The van der Waals surface area contributed by atoms with Crippen LogP contribution in [0.5, 0.6) is 0 Å². The van der Waals surface area contributed by atoms with Crippen LogP contribution in [0.3, 0.4) is 0 Å². The minimum atomic E-state index is 0. The van der Waals surface area contributed by atoms with Crippen molar-refractivity contribution >= 4 is 40.8 Å². The molecule has 0 spiro atoms. The summed E-state index contributed by atoms with van der Waals surface area (Å²) in [6.07, 6.45) is 5.64. The SMILES string of the molecule is CCCN1CCC(CNC(=NC)NCCc2c[nH]c3ccccc23)C1.I. The van der Waals surface area contributed by atoms with Crippen molar-refractivity contribution in [2.45, 2.75) is 26.2 Å². The predicted molar refractivity (Wildman–Crippen MR) is 122 cm³/mol. The number of rotatable bonds is 7. The Labute approximate surface area is 174 Å². The molecule has 1 aromatic carbocycles. The molecule has 1 aliphatic heterocycles. The fourth-order valence-electron chi connectivity index (χ4n) is 3.71. The van der Waals surface area contributed by atoms with E-state index in [0.29, 0.717) is 0 Å². The number of nitrogens with zero attached hydrogens (tertiary/aromatic N) is 2. The van der Waals surface area contributed by atoms with Gasteiger partial charge in [0.1, 0.15) is 0 Å². The second-order valence-electron chi connectivity index (χ2n) is 6.94. The van der Waals surface area contributed by atoms with Crippen molar-refractivity contribution < 1.29 is 0 Å². The minimum absolute atomic E-state index is 0.